The van der Waals surface area contributed by atoms with Crippen molar-refractivity contribution < 1.29 is 9.18 Å². The Labute approximate surface area is 35.3 Å². The fourth-order valence-corrected chi connectivity index (χ4v) is 0.113. The van der Waals surface area contributed by atoms with E-state index in [0.29, 0.717) is 6.41 Å². The predicted molar refractivity (Wildman–Crippen MR) is 20.0 cm³/mol. The van der Waals surface area contributed by atoms with Crippen LogP contribution in [0.1, 0.15) is 0 Å². The summed E-state index contributed by atoms with van der Waals surface area (Å²) in [5.41, 5.74) is 0. The van der Waals surface area contributed by atoms with Gasteiger partial charge < -0.3 is 5.32 Å². The van der Waals surface area contributed by atoms with E-state index < -0.39 is 6.67 Å². The molecule has 0 fully saturated rings. The molecular weight excluding hydrogens is 85.0 g/mol. The fourth-order valence-electron chi connectivity index (χ4n) is 0.113. The lowest BCUT2D eigenvalue weighted by atomic mass is 10.7. The first kappa shape index (κ1) is 5.40. The predicted octanol–water partition coefficient (Wildman–Crippen LogP) is -0.298. The van der Waals surface area contributed by atoms with Gasteiger partial charge in [-0.05, 0) is 0 Å². The molecule has 1 N–H and O–H groups in total. The zero-order valence-electron chi connectivity index (χ0n) is 3.28. The Kier molecular flexibility index (Phi) is 3.96. The van der Waals surface area contributed by atoms with Gasteiger partial charge in [0.1, 0.15) is 6.67 Å². The standard InChI is InChI=1S/C3H6FNO/c4-1-2-5-3-6/h3H,1-2H2,(H,5,6). The van der Waals surface area contributed by atoms with Crippen molar-refractivity contribution in [3.8, 4) is 0 Å². The van der Waals surface area contributed by atoms with Crippen LogP contribution in [0.2, 0.25) is 0 Å². The van der Waals surface area contributed by atoms with Crippen LogP contribution in [0.15, 0.2) is 0 Å². The largest absolute Gasteiger partial charge is 0.356 e. The van der Waals surface area contributed by atoms with Gasteiger partial charge in [-0.2, -0.15) is 0 Å². The molecule has 0 aliphatic rings. The molecule has 0 aromatic heterocycles. The van der Waals surface area contributed by atoms with Gasteiger partial charge in [0, 0.05) is 6.54 Å². The Hall–Kier alpha value is -0.600. The molecule has 2 nitrogen and oxygen atoms in total. The minimum absolute atomic E-state index is 0.128. The van der Waals surface area contributed by atoms with Crippen LogP contribution in [0.3, 0.4) is 0 Å². The van der Waals surface area contributed by atoms with Crippen LogP contribution in [0.5, 0.6) is 0 Å². The van der Waals surface area contributed by atoms with Crippen molar-refractivity contribution in [1.29, 1.82) is 0 Å². The Morgan fingerprint density at radius 1 is 1.83 bits per heavy atom. The van der Waals surface area contributed by atoms with E-state index in [-0.39, 0.29) is 6.54 Å². The van der Waals surface area contributed by atoms with Crippen molar-refractivity contribution in [3.63, 3.8) is 0 Å². The number of carbonyl (C=O) groups excluding carboxylic acids is 1. The first-order valence-corrected chi connectivity index (χ1v) is 1.65. The van der Waals surface area contributed by atoms with E-state index in [4.69, 9.17) is 0 Å². The first-order valence-electron chi connectivity index (χ1n) is 1.65. The van der Waals surface area contributed by atoms with Gasteiger partial charge in [0.25, 0.3) is 0 Å². The molecule has 1 amide bonds. The van der Waals surface area contributed by atoms with Gasteiger partial charge in [-0.1, -0.05) is 0 Å². The van der Waals surface area contributed by atoms with E-state index in [2.05, 4.69) is 5.32 Å². The fraction of sp³-hybridized carbons (Fsp3) is 0.667. The number of carbonyl (C=O) groups is 1. The molecule has 0 radical (unpaired) electrons. The normalized spacial score (nSPS) is 7.50. The van der Waals surface area contributed by atoms with Crippen LogP contribution in [-0.4, -0.2) is 19.6 Å². The third-order valence-electron chi connectivity index (χ3n) is 0.322. The van der Waals surface area contributed by atoms with Crippen molar-refractivity contribution in [3.05, 3.63) is 0 Å². The first-order chi connectivity index (χ1) is 2.91. The maximum Gasteiger partial charge on any atom is 0.207 e. The highest BCUT2D eigenvalue weighted by Crippen LogP contribution is 1.56. The molecule has 0 saturated heterocycles. The van der Waals surface area contributed by atoms with Gasteiger partial charge >= 0.3 is 0 Å². The molecule has 0 spiro atoms. The molecule has 36 valence electrons. The number of hydrogen-bond donors (Lipinski definition) is 1. The Bertz CT molecular complexity index is 39.8. The molecule has 0 atom stereocenters. The lowest BCUT2D eigenvalue weighted by Gasteiger charge is -1.83. The Morgan fingerprint density at radius 3 is 2.67 bits per heavy atom. The summed E-state index contributed by atoms with van der Waals surface area (Å²) in [6.45, 7) is -0.359. The zero-order chi connectivity index (χ0) is 4.83. The van der Waals surface area contributed by atoms with Crippen molar-refractivity contribution in [1.82, 2.24) is 5.32 Å². The number of alkyl halides is 1. The molecule has 0 aromatic carbocycles. The summed E-state index contributed by atoms with van der Waals surface area (Å²) < 4.78 is 11.0. The zero-order valence-corrected chi connectivity index (χ0v) is 3.28. The maximum absolute atomic E-state index is 11.0. The minimum Gasteiger partial charge on any atom is -0.356 e. The van der Waals surface area contributed by atoms with Gasteiger partial charge in [0.2, 0.25) is 6.41 Å². The summed E-state index contributed by atoms with van der Waals surface area (Å²) in [5.74, 6) is 0. The van der Waals surface area contributed by atoms with Gasteiger partial charge in [0.15, 0.2) is 0 Å². The monoisotopic (exact) mass is 91.0 g/mol. The van der Waals surface area contributed by atoms with Gasteiger partial charge in [0.05, 0.1) is 0 Å². The van der Waals surface area contributed by atoms with Crippen LogP contribution in [0.4, 0.5) is 4.39 Å². The molecule has 0 saturated carbocycles. The highest BCUT2D eigenvalue weighted by molar-refractivity contribution is 5.45. The van der Waals surface area contributed by atoms with E-state index in [1.165, 1.54) is 0 Å². The summed E-state index contributed by atoms with van der Waals surface area (Å²) in [7, 11) is 0. The van der Waals surface area contributed by atoms with Gasteiger partial charge in [-0.15, -0.1) is 0 Å². The van der Waals surface area contributed by atoms with E-state index in [9.17, 15) is 9.18 Å². The molecule has 0 aliphatic carbocycles. The van der Waals surface area contributed by atoms with Crippen molar-refractivity contribution in [2.75, 3.05) is 13.2 Å². The molecule has 0 aliphatic heterocycles. The second-order valence-corrected chi connectivity index (χ2v) is 0.761. The topological polar surface area (TPSA) is 29.1 Å². The molecule has 3 heteroatoms. The highest BCUT2D eigenvalue weighted by atomic mass is 19.1. The number of halogens is 1. The highest BCUT2D eigenvalue weighted by Gasteiger charge is 1.73. The SMILES string of the molecule is O=CNCCF. The number of nitrogens with one attached hydrogen (secondary N) is 1. The van der Waals surface area contributed by atoms with Crippen molar-refractivity contribution >= 4 is 6.41 Å². The number of hydrogen-bond acceptors (Lipinski definition) is 1. The lowest BCUT2D eigenvalue weighted by Crippen LogP contribution is -2.12. The summed E-state index contributed by atoms with van der Waals surface area (Å²) in [4.78, 5) is 9.29. The van der Waals surface area contributed by atoms with Crippen LogP contribution in [0, 0.1) is 0 Å². The van der Waals surface area contributed by atoms with Crippen LogP contribution in [0.25, 0.3) is 0 Å². The van der Waals surface area contributed by atoms with Crippen molar-refractivity contribution in [2.45, 2.75) is 0 Å². The van der Waals surface area contributed by atoms with Gasteiger partial charge in [-0.25, -0.2) is 4.39 Å². The van der Waals surface area contributed by atoms with E-state index in [1.54, 1.807) is 0 Å². The summed E-state index contributed by atoms with van der Waals surface area (Å²) in [6.07, 6.45) is 0.472. The molecular formula is C3H6FNO. The summed E-state index contributed by atoms with van der Waals surface area (Å²) in [5, 5.41) is 2.14. The molecule has 0 heterocycles. The van der Waals surface area contributed by atoms with Crippen LogP contribution in [-0.2, 0) is 4.79 Å². The third-order valence-corrected chi connectivity index (χ3v) is 0.322. The molecule has 0 aromatic rings. The molecule has 6 heavy (non-hydrogen) atoms. The van der Waals surface area contributed by atoms with E-state index >= 15 is 0 Å². The smallest absolute Gasteiger partial charge is 0.207 e. The Morgan fingerprint density at radius 2 is 2.50 bits per heavy atom. The van der Waals surface area contributed by atoms with Crippen LogP contribution >= 0.6 is 0 Å². The van der Waals surface area contributed by atoms with Gasteiger partial charge in [-0.3, -0.25) is 4.79 Å². The molecule has 0 bridgehead atoms. The Balaban J connectivity index is 2.49. The number of amides is 1. The average molecular weight is 91.1 g/mol. The van der Waals surface area contributed by atoms with E-state index in [1.807, 2.05) is 0 Å². The van der Waals surface area contributed by atoms with Crippen molar-refractivity contribution in [2.24, 2.45) is 0 Å². The lowest BCUT2D eigenvalue weighted by molar-refractivity contribution is -0.109. The quantitative estimate of drug-likeness (QED) is 0.375. The molecule has 0 unspecified atom stereocenters. The average Bonchev–Trinajstić information content (AvgIpc) is 1.61. The second-order valence-electron chi connectivity index (χ2n) is 0.761. The van der Waals surface area contributed by atoms with Crippen LogP contribution < -0.4 is 5.32 Å². The second kappa shape index (κ2) is 4.40. The summed E-state index contributed by atoms with van der Waals surface area (Å²) in [6, 6.07) is 0. The molecule has 0 rings (SSSR count). The summed E-state index contributed by atoms with van der Waals surface area (Å²) >= 11 is 0. The maximum atomic E-state index is 11.0. The van der Waals surface area contributed by atoms with E-state index in [0.717, 1.165) is 0 Å². The third kappa shape index (κ3) is 3.40. The number of rotatable bonds is 3. The minimum atomic E-state index is -0.487.